The number of thioether (sulfide) groups is 1. The van der Waals surface area contributed by atoms with E-state index < -0.39 is 0 Å². The number of ether oxygens (including phenoxy) is 1. The average Bonchev–Trinajstić information content (AvgIpc) is 2.71. The molecule has 0 bridgehead atoms. The Kier molecular flexibility index (Phi) is 6.33. The summed E-state index contributed by atoms with van der Waals surface area (Å²) in [6.07, 6.45) is 5.15. The van der Waals surface area contributed by atoms with E-state index in [4.69, 9.17) is 11.2 Å². The van der Waals surface area contributed by atoms with E-state index in [9.17, 15) is 0 Å². The Morgan fingerprint density at radius 1 is 1.60 bits per heavy atom. The molecule has 1 rings (SSSR count). The van der Waals surface area contributed by atoms with Crippen molar-refractivity contribution in [2.45, 2.75) is 6.54 Å². The van der Waals surface area contributed by atoms with Crippen LogP contribution in [0.25, 0.3) is 0 Å². The summed E-state index contributed by atoms with van der Waals surface area (Å²) in [7, 11) is 1.69. The molecule has 0 spiro atoms. The molecule has 82 valence electrons. The summed E-state index contributed by atoms with van der Waals surface area (Å²) in [5.74, 6) is 4.47. The minimum absolute atomic E-state index is 0.800. The number of terminal acetylenes is 1. The molecule has 0 aromatic carbocycles. The van der Waals surface area contributed by atoms with Gasteiger partial charge in [0.1, 0.15) is 0 Å². The van der Waals surface area contributed by atoms with E-state index in [-0.39, 0.29) is 0 Å². The van der Waals surface area contributed by atoms with E-state index >= 15 is 0 Å². The van der Waals surface area contributed by atoms with Crippen molar-refractivity contribution < 1.29 is 4.74 Å². The van der Waals surface area contributed by atoms with E-state index in [2.05, 4.69) is 17.3 Å². The molecule has 0 aliphatic rings. The first-order valence-corrected chi connectivity index (χ1v) is 6.68. The monoisotopic (exact) mass is 241 g/mol. The van der Waals surface area contributed by atoms with Crippen LogP contribution in [-0.2, 0) is 6.54 Å². The number of rotatable bonds is 7. The van der Waals surface area contributed by atoms with Crippen LogP contribution < -0.4 is 10.1 Å². The first-order valence-electron chi connectivity index (χ1n) is 4.71. The average molecular weight is 241 g/mol. The molecule has 0 saturated carbocycles. The molecular weight excluding hydrogens is 226 g/mol. The highest BCUT2D eigenvalue weighted by Gasteiger charge is 1.98. The van der Waals surface area contributed by atoms with Gasteiger partial charge >= 0.3 is 0 Å². The lowest BCUT2D eigenvalue weighted by Crippen LogP contribution is -2.15. The highest BCUT2D eigenvalue weighted by Crippen LogP contribution is 2.23. The summed E-state index contributed by atoms with van der Waals surface area (Å²) in [5, 5.41) is 4.33. The molecule has 1 N–H and O–H groups in total. The van der Waals surface area contributed by atoms with Crippen molar-refractivity contribution in [3.8, 4) is 17.4 Å². The Labute approximate surface area is 99.4 Å². The van der Waals surface area contributed by atoms with E-state index in [0.29, 0.717) is 0 Å². The number of thiophene rings is 1. The number of methoxy groups -OCH3 is 1. The Balaban J connectivity index is 2.07. The van der Waals surface area contributed by atoms with Crippen LogP contribution in [0.4, 0.5) is 0 Å². The van der Waals surface area contributed by atoms with E-state index in [1.807, 2.05) is 6.07 Å². The molecule has 0 aliphatic heterocycles. The lowest BCUT2D eigenvalue weighted by molar-refractivity contribution is 0.427. The van der Waals surface area contributed by atoms with Crippen molar-refractivity contribution in [2.24, 2.45) is 0 Å². The van der Waals surface area contributed by atoms with Crippen LogP contribution in [0, 0.1) is 12.3 Å². The van der Waals surface area contributed by atoms with Gasteiger partial charge in [0.2, 0.25) is 0 Å². The van der Waals surface area contributed by atoms with Crippen LogP contribution in [0.5, 0.6) is 5.06 Å². The minimum atomic E-state index is 0.800. The van der Waals surface area contributed by atoms with Crippen molar-refractivity contribution in [1.29, 1.82) is 0 Å². The van der Waals surface area contributed by atoms with Crippen molar-refractivity contribution in [3.05, 3.63) is 17.0 Å². The molecule has 1 aromatic heterocycles. The third-order valence-electron chi connectivity index (χ3n) is 1.75. The minimum Gasteiger partial charge on any atom is -0.487 e. The van der Waals surface area contributed by atoms with Gasteiger partial charge in [-0.2, -0.15) is 0 Å². The summed E-state index contributed by atoms with van der Waals surface area (Å²) < 4.78 is 5.12. The summed E-state index contributed by atoms with van der Waals surface area (Å²) >= 11 is 3.46. The van der Waals surface area contributed by atoms with E-state index in [1.54, 1.807) is 30.2 Å². The van der Waals surface area contributed by atoms with Crippen molar-refractivity contribution in [2.75, 3.05) is 25.2 Å². The molecule has 0 radical (unpaired) electrons. The van der Waals surface area contributed by atoms with Gasteiger partial charge in [-0.15, -0.1) is 29.5 Å². The third kappa shape index (κ3) is 5.12. The number of hydrogen-bond acceptors (Lipinski definition) is 4. The lowest BCUT2D eigenvalue weighted by Gasteiger charge is -2.01. The molecule has 1 aromatic rings. The molecule has 0 fully saturated rings. The van der Waals surface area contributed by atoms with Gasteiger partial charge in [0, 0.05) is 23.7 Å². The Hall–Kier alpha value is -0.630. The number of hydrogen-bond donors (Lipinski definition) is 1. The maximum absolute atomic E-state index is 5.15. The van der Waals surface area contributed by atoms with Gasteiger partial charge in [0.05, 0.1) is 12.9 Å². The van der Waals surface area contributed by atoms with Gasteiger partial charge in [0.15, 0.2) is 5.06 Å². The SMILES string of the molecule is C#CCSCCNCc1ccc(OC)s1. The molecule has 0 amide bonds. The molecule has 0 saturated heterocycles. The van der Waals surface area contributed by atoms with Crippen LogP contribution >= 0.6 is 23.1 Å². The van der Waals surface area contributed by atoms with Crippen molar-refractivity contribution >= 4 is 23.1 Å². The molecular formula is C11H15NOS2. The van der Waals surface area contributed by atoms with Crippen molar-refractivity contribution in [3.63, 3.8) is 0 Å². The fourth-order valence-corrected chi connectivity index (χ4v) is 2.39. The Morgan fingerprint density at radius 3 is 3.13 bits per heavy atom. The zero-order chi connectivity index (χ0) is 10.9. The smallest absolute Gasteiger partial charge is 0.173 e. The predicted molar refractivity (Wildman–Crippen MR) is 68.7 cm³/mol. The molecule has 0 aliphatic carbocycles. The summed E-state index contributed by atoms with van der Waals surface area (Å²) in [4.78, 5) is 1.30. The first-order chi connectivity index (χ1) is 7.36. The van der Waals surface area contributed by atoms with Crippen LogP contribution in [0.2, 0.25) is 0 Å². The van der Waals surface area contributed by atoms with Gasteiger partial charge in [-0.1, -0.05) is 5.92 Å². The second kappa shape index (κ2) is 7.63. The van der Waals surface area contributed by atoms with Gasteiger partial charge in [-0.05, 0) is 12.1 Å². The van der Waals surface area contributed by atoms with Crippen LogP contribution in [0.15, 0.2) is 12.1 Å². The molecule has 1 heterocycles. The van der Waals surface area contributed by atoms with Crippen LogP contribution in [0.1, 0.15) is 4.88 Å². The quantitative estimate of drug-likeness (QED) is 0.584. The normalized spacial score (nSPS) is 9.87. The first kappa shape index (κ1) is 12.4. The topological polar surface area (TPSA) is 21.3 Å². The largest absolute Gasteiger partial charge is 0.487 e. The second-order valence-corrected chi connectivity index (χ2v) is 5.09. The maximum Gasteiger partial charge on any atom is 0.173 e. The second-order valence-electron chi connectivity index (χ2n) is 2.86. The molecule has 15 heavy (non-hydrogen) atoms. The maximum atomic E-state index is 5.15. The zero-order valence-corrected chi connectivity index (χ0v) is 10.4. The fourth-order valence-electron chi connectivity index (χ4n) is 1.05. The summed E-state index contributed by atoms with van der Waals surface area (Å²) in [5.41, 5.74) is 0. The zero-order valence-electron chi connectivity index (χ0n) is 8.79. The number of nitrogens with one attached hydrogen (secondary N) is 1. The Morgan fingerprint density at radius 2 is 2.47 bits per heavy atom. The highest BCUT2D eigenvalue weighted by atomic mass is 32.2. The summed E-state index contributed by atoms with van der Waals surface area (Å²) in [6, 6.07) is 4.08. The summed E-state index contributed by atoms with van der Waals surface area (Å²) in [6.45, 7) is 1.90. The molecule has 0 unspecified atom stereocenters. The molecule has 2 nitrogen and oxygen atoms in total. The highest BCUT2D eigenvalue weighted by molar-refractivity contribution is 7.99. The lowest BCUT2D eigenvalue weighted by atomic mass is 10.4. The van der Waals surface area contributed by atoms with Crippen LogP contribution in [0.3, 0.4) is 0 Å². The predicted octanol–water partition coefficient (Wildman–Crippen LogP) is 2.21. The van der Waals surface area contributed by atoms with Crippen molar-refractivity contribution in [1.82, 2.24) is 5.32 Å². The van der Waals surface area contributed by atoms with E-state index in [0.717, 1.165) is 29.7 Å². The standard InChI is InChI=1S/C11H15NOS2/c1-3-7-14-8-6-12-9-10-4-5-11(13-2)15-10/h1,4-5,12H,6-9H2,2H3. The fraction of sp³-hybridized carbons (Fsp3) is 0.455. The molecule has 0 atom stereocenters. The van der Waals surface area contributed by atoms with Gasteiger partial charge in [0.25, 0.3) is 0 Å². The van der Waals surface area contributed by atoms with Gasteiger partial charge in [-0.3, -0.25) is 0 Å². The van der Waals surface area contributed by atoms with Crippen LogP contribution in [-0.4, -0.2) is 25.2 Å². The van der Waals surface area contributed by atoms with Gasteiger partial charge in [-0.25, -0.2) is 0 Å². The van der Waals surface area contributed by atoms with E-state index in [1.165, 1.54) is 4.88 Å². The van der Waals surface area contributed by atoms with Gasteiger partial charge < -0.3 is 10.1 Å². The Bertz CT molecular complexity index is 317. The third-order valence-corrected chi connectivity index (χ3v) is 3.66. The molecule has 4 heteroatoms.